The first-order valence-corrected chi connectivity index (χ1v) is 6.30. The second kappa shape index (κ2) is 7.45. The van der Waals surface area contributed by atoms with Crippen molar-refractivity contribution in [3.63, 3.8) is 0 Å². The summed E-state index contributed by atoms with van der Waals surface area (Å²) in [6.07, 6.45) is 1.75. The van der Waals surface area contributed by atoms with E-state index in [1.54, 1.807) is 0 Å². The van der Waals surface area contributed by atoms with Gasteiger partial charge >= 0.3 is 0 Å². The van der Waals surface area contributed by atoms with E-state index in [-0.39, 0.29) is 0 Å². The molecule has 1 heterocycles. The smallest absolute Gasteiger partial charge is 0.221 e. The summed E-state index contributed by atoms with van der Waals surface area (Å²) in [5.74, 6) is 1.26. The molecule has 0 bridgehead atoms. The Bertz CT molecular complexity index is 359. The molecule has 0 spiro atoms. The number of aryl methyl sites for hydroxylation is 1. The predicted octanol–water partition coefficient (Wildman–Crippen LogP) is 2.81. The SMILES string of the molecule is CCCOCCOc1nc(CC)nc(Cl)c1C. The molecule has 0 saturated heterocycles. The largest absolute Gasteiger partial charge is 0.475 e. The molecule has 1 aromatic rings. The standard InChI is InChI=1S/C12H19ClN2O2/c1-4-6-16-7-8-17-12-9(3)11(13)14-10(5-2)15-12/h4-8H2,1-3H3. The number of hydrogen-bond acceptors (Lipinski definition) is 4. The van der Waals surface area contributed by atoms with E-state index in [0.717, 1.165) is 25.0 Å². The Hall–Kier alpha value is -0.870. The normalized spacial score (nSPS) is 10.6. The van der Waals surface area contributed by atoms with E-state index in [9.17, 15) is 0 Å². The van der Waals surface area contributed by atoms with Gasteiger partial charge in [0, 0.05) is 18.6 Å². The average molecular weight is 259 g/mol. The van der Waals surface area contributed by atoms with Crippen molar-refractivity contribution in [2.24, 2.45) is 0 Å². The van der Waals surface area contributed by atoms with Crippen LogP contribution in [0.2, 0.25) is 5.15 Å². The Morgan fingerprint density at radius 2 is 1.88 bits per heavy atom. The molecule has 0 radical (unpaired) electrons. The fourth-order valence-electron chi connectivity index (χ4n) is 1.25. The van der Waals surface area contributed by atoms with Gasteiger partial charge in [0.25, 0.3) is 0 Å². The van der Waals surface area contributed by atoms with Crippen LogP contribution in [-0.4, -0.2) is 29.8 Å². The summed E-state index contributed by atoms with van der Waals surface area (Å²) in [6.45, 7) is 7.71. The molecule has 0 aliphatic heterocycles. The van der Waals surface area contributed by atoms with Crippen molar-refractivity contribution in [3.8, 4) is 5.88 Å². The van der Waals surface area contributed by atoms with Crippen LogP contribution in [0.4, 0.5) is 0 Å². The van der Waals surface area contributed by atoms with Crippen LogP contribution in [0.15, 0.2) is 0 Å². The van der Waals surface area contributed by atoms with Gasteiger partial charge in [0.2, 0.25) is 5.88 Å². The highest BCUT2D eigenvalue weighted by molar-refractivity contribution is 6.30. The fraction of sp³-hybridized carbons (Fsp3) is 0.667. The van der Waals surface area contributed by atoms with Crippen molar-refractivity contribution in [3.05, 3.63) is 16.5 Å². The highest BCUT2D eigenvalue weighted by Crippen LogP contribution is 2.21. The third kappa shape index (κ3) is 4.48. The third-order valence-corrected chi connectivity index (χ3v) is 2.59. The van der Waals surface area contributed by atoms with E-state index < -0.39 is 0 Å². The van der Waals surface area contributed by atoms with Crippen LogP contribution >= 0.6 is 11.6 Å². The molecule has 1 aromatic heterocycles. The summed E-state index contributed by atoms with van der Waals surface area (Å²) in [6, 6.07) is 0. The van der Waals surface area contributed by atoms with Crippen LogP contribution in [0.25, 0.3) is 0 Å². The summed E-state index contributed by atoms with van der Waals surface area (Å²) in [5, 5.41) is 0.460. The van der Waals surface area contributed by atoms with Crippen molar-refractivity contribution in [1.29, 1.82) is 0 Å². The molecule has 17 heavy (non-hydrogen) atoms. The summed E-state index contributed by atoms with van der Waals surface area (Å²) < 4.78 is 10.9. The number of nitrogens with zero attached hydrogens (tertiary/aromatic N) is 2. The number of halogens is 1. The first-order chi connectivity index (χ1) is 8.19. The Morgan fingerprint density at radius 3 is 2.53 bits per heavy atom. The van der Waals surface area contributed by atoms with E-state index in [4.69, 9.17) is 21.1 Å². The molecule has 0 unspecified atom stereocenters. The second-order valence-corrected chi connectivity index (χ2v) is 4.03. The minimum atomic E-state index is 0.460. The number of aromatic nitrogens is 2. The summed E-state index contributed by atoms with van der Waals surface area (Å²) in [5.41, 5.74) is 0.777. The van der Waals surface area contributed by atoms with Crippen LogP contribution in [0.1, 0.15) is 31.7 Å². The molecular weight excluding hydrogens is 240 g/mol. The highest BCUT2D eigenvalue weighted by Gasteiger charge is 2.09. The molecular formula is C12H19ClN2O2. The van der Waals surface area contributed by atoms with E-state index in [1.165, 1.54) is 0 Å². The Labute approximate surface area is 107 Å². The van der Waals surface area contributed by atoms with Crippen molar-refractivity contribution < 1.29 is 9.47 Å². The minimum absolute atomic E-state index is 0.460. The zero-order chi connectivity index (χ0) is 12.7. The molecule has 0 aliphatic carbocycles. The molecule has 1 rings (SSSR count). The molecule has 0 aromatic carbocycles. The van der Waals surface area contributed by atoms with Crippen molar-refractivity contribution in [2.45, 2.75) is 33.6 Å². The van der Waals surface area contributed by atoms with Gasteiger partial charge in [0.15, 0.2) is 0 Å². The van der Waals surface area contributed by atoms with Crippen molar-refractivity contribution in [2.75, 3.05) is 19.8 Å². The molecule has 4 nitrogen and oxygen atoms in total. The van der Waals surface area contributed by atoms with Gasteiger partial charge in [-0.2, -0.15) is 4.98 Å². The zero-order valence-electron chi connectivity index (χ0n) is 10.6. The van der Waals surface area contributed by atoms with Gasteiger partial charge in [-0.3, -0.25) is 0 Å². The molecule has 96 valence electrons. The molecule has 0 saturated carbocycles. The van der Waals surface area contributed by atoms with Gasteiger partial charge in [0.05, 0.1) is 6.61 Å². The predicted molar refractivity (Wildman–Crippen MR) is 67.8 cm³/mol. The summed E-state index contributed by atoms with van der Waals surface area (Å²) in [7, 11) is 0. The van der Waals surface area contributed by atoms with E-state index in [0.29, 0.717) is 30.1 Å². The van der Waals surface area contributed by atoms with Gasteiger partial charge in [-0.25, -0.2) is 4.98 Å². The van der Waals surface area contributed by atoms with E-state index in [2.05, 4.69) is 16.9 Å². The van der Waals surface area contributed by atoms with Crippen LogP contribution in [0.3, 0.4) is 0 Å². The van der Waals surface area contributed by atoms with Crippen LogP contribution in [-0.2, 0) is 11.2 Å². The maximum absolute atomic E-state index is 6.00. The van der Waals surface area contributed by atoms with Gasteiger partial charge < -0.3 is 9.47 Å². The Balaban J connectivity index is 2.54. The monoisotopic (exact) mass is 258 g/mol. The molecule has 5 heteroatoms. The second-order valence-electron chi connectivity index (χ2n) is 3.68. The van der Waals surface area contributed by atoms with Crippen LogP contribution < -0.4 is 4.74 Å². The molecule has 0 aliphatic rings. The fourth-order valence-corrected chi connectivity index (χ4v) is 1.43. The van der Waals surface area contributed by atoms with Gasteiger partial charge in [0.1, 0.15) is 17.6 Å². The lowest BCUT2D eigenvalue weighted by Crippen LogP contribution is -2.10. The highest BCUT2D eigenvalue weighted by atomic mass is 35.5. The van der Waals surface area contributed by atoms with Gasteiger partial charge in [-0.1, -0.05) is 25.4 Å². The maximum atomic E-state index is 6.00. The maximum Gasteiger partial charge on any atom is 0.221 e. The lowest BCUT2D eigenvalue weighted by molar-refractivity contribution is 0.0986. The lowest BCUT2D eigenvalue weighted by Gasteiger charge is -2.10. The van der Waals surface area contributed by atoms with Gasteiger partial charge in [-0.15, -0.1) is 0 Å². The van der Waals surface area contributed by atoms with E-state index in [1.807, 2.05) is 13.8 Å². The first-order valence-electron chi connectivity index (χ1n) is 5.92. The summed E-state index contributed by atoms with van der Waals surface area (Å²) >= 11 is 6.00. The van der Waals surface area contributed by atoms with Gasteiger partial charge in [-0.05, 0) is 13.3 Å². The van der Waals surface area contributed by atoms with Crippen molar-refractivity contribution >= 4 is 11.6 Å². The number of hydrogen-bond donors (Lipinski definition) is 0. The molecule has 0 amide bonds. The van der Waals surface area contributed by atoms with Crippen LogP contribution in [0, 0.1) is 6.92 Å². The molecule has 0 N–H and O–H groups in total. The van der Waals surface area contributed by atoms with Crippen LogP contribution in [0.5, 0.6) is 5.88 Å². The zero-order valence-corrected chi connectivity index (χ0v) is 11.4. The van der Waals surface area contributed by atoms with E-state index >= 15 is 0 Å². The molecule has 0 fully saturated rings. The molecule has 0 atom stereocenters. The quantitative estimate of drug-likeness (QED) is 0.557. The third-order valence-electron chi connectivity index (χ3n) is 2.22. The van der Waals surface area contributed by atoms with Crippen molar-refractivity contribution in [1.82, 2.24) is 9.97 Å². The topological polar surface area (TPSA) is 44.2 Å². The summed E-state index contributed by atoms with van der Waals surface area (Å²) in [4.78, 5) is 8.45. The Morgan fingerprint density at radius 1 is 1.12 bits per heavy atom. The minimum Gasteiger partial charge on any atom is -0.475 e. The first kappa shape index (κ1) is 14.2. The Kier molecular flexibility index (Phi) is 6.22. The number of ether oxygens (including phenoxy) is 2. The lowest BCUT2D eigenvalue weighted by atomic mass is 10.3. The average Bonchev–Trinajstić information content (AvgIpc) is 2.33. The number of rotatable bonds is 7.